The fraction of sp³-hybridized carbons (Fsp3) is 0.200. The Morgan fingerprint density at radius 2 is 1.61 bits per heavy atom. The van der Waals surface area contributed by atoms with E-state index < -0.39 is 0 Å². The number of halogens is 1. The van der Waals surface area contributed by atoms with Crippen molar-refractivity contribution in [3.63, 3.8) is 0 Å². The van der Waals surface area contributed by atoms with E-state index in [1.807, 2.05) is 31.2 Å². The minimum atomic E-state index is -0.213. The molecule has 3 heteroatoms. The Kier molecular flexibility index (Phi) is 3.82. The summed E-state index contributed by atoms with van der Waals surface area (Å²) in [6.45, 7) is 2.04. The molecule has 0 spiro atoms. The first kappa shape index (κ1) is 12.4. The van der Waals surface area contributed by atoms with E-state index in [2.05, 4.69) is 5.32 Å². The van der Waals surface area contributed by atoms with Gasteiger partial charge in [0.05, 0.1) is 7.11 Å². The van der Waals surface area contributed by atoms with Crippen molar-refractivity contribution < 1.29 is 9.13 Å². The number of hydrogen-bond donors (Lipinski definition) is 1. The molecule has 2 aromatic carbocycles. The predicted molar refractivity (Wildman–Crippen MR) is 71.4 cm³/mol. The minimum Gasteiger partial charge on any atom is -0.497 e. The average molecular weight is 245 g/mol. The SMILES string of the molecule is COc1ccc(N[C@@H](C)c2ccc(F)cc2)cc1. The maximum absolute atomic E-state index is 12.8. The Bertz CT molecular complexity index is 493. The molecule has 2 aromatic rings. The maximum Gasteiger partial charge on any atom is 0.123 e. The van der Waals surface area contributed by atoms with Gasteiger partial charge in [0.1, 0.15) is 11.6 Å². The normalized spacial score (nSPS) is 11.9. The highest BCUT2D eigenvalue weighted by Gasteiger charge is 2.05. The van der Waals surface area contributed by atoms with Crippen LogP contribution in [0, 0.1) is 5.82 Å². The number of anilines is 1. The van der Waals surface area contributed by atoms with Crippen molar-refractivity contribution >= 4 is 5.69 Å². The third-order valence-electron chi connectivity index (χ3n) is 2.84. The number of hydrogen-bond acceptors (Lipinski definition) is 2. The van der Waals surface area contributed by atoms with Crippen LogP contribution in [0.15, 0.2) is 48.5 Å². The van der Waals surface area contributed by atoms with Crippen molar-refractivity contribution in [3.8, 4) is 5.75 Å². The van der Waals surface area contributed by atoms with Crippen LogP contribution in [-0.4, -0.2) is 7.11 Å². The highest BCUT2D eigenvalue weighted by Crippen LogP contribution is 2.21. The van der Waals surface area contributed by atoms with Crippen LogP contribution in [0.3, 0.4) is 0 Å². The third-order valence-corrected chi connectivity index (χ3v) is 2.84. The van der Waals surface area contributed by atoms with Crippen LogP contribution in [0.4, 0.5) is 10.1 Å². The molecule has 0 saturated heterocycles. The summed E-state index contributed by atoms with van der Waals surface area (Å²) in [6, 6.07) is 14.4. The fourth-order valence-electron chi connectivity index (χ4n) is 1.77. The summed E-state index contributed by atoms with van der Waals surface area (Å²) in [5.74, 6) is 0.616. The molecule has 0 aromatic heterocycles. The molecule has 0 aliphatic carbocycles. The first-order valence-electron chi connectivity index (χ1n) is 5.85. The van der Waals surface area contributed by atoms with Gasteiger partial charge in [-0.25, -0.2) is 4.39 Å². The lowest BCUT2D eigenvalue weighted by Gasteiger charge is -2.16. The molecule has 2 rings (SSSR count). The smallest absolute Gasteiger partial charge is 0.123 e. The number of nitrogens with one attached hydrogen (secondary N) is 1. The third kappa shape index (κ3) is 3.00. The molecule has 1 N–H and O–H groups in total. The largest absolute Gasteiger partial charge is 0.497 e. The molecule has 1 atom stereocenters. The van der Waals surface area contributed by atoms with Crippen LogP contribution in [0.1, 0.15) is 18.5 Å². The topological polar surface area (TPSA) is 21.3 Å². The summed E-state index contributed by atoms with van der Waals surface area (Å²) in [5, 5.41) is 3.35. The van der Waals surface area contributed by atoms with Crippen LogP contribution < -0.4 is 10.1 Å². The summed E-state index contributed by atoms with van der Waals surface area (Å²) in [7, 11) is 1.64. The second kappa shape index (κ2) is 5.54. The summed E-state index contributed by atoms with van der Waals surface area (Å²) in [4.78, 5) is 0. The van der Waals surface area contributed by atoms with E-state index in [0.29, 0.717) is 0 Å². The van der Waals surface area contributed by atoms with Gasteiger partial charge in [-0.05, 0) is 48.9 Å². The van der Waals surface area contributed by atoms with Crippen molar-refractivity contribution in [2.75, 3.05) is 12.4 Å². The standard InChI is InChI=1S/C15H16FNO/c1-11(12-3-5-13(16)6-4-12)17-14-7-9-15(18-2)10-8-14/h3-11,17H,1-2H3/t11-/m0/s1. The van der Waals surface area contributed by atoms with Gasteiger partial charge in [-0.15, -0.1) is 0 Å². The quantitative estimate of drug-likeness (QED) is 0.878. The Morgan fingerprint density at radius 1 is 1.00 bits per heavy atom. The van der Waals surface area contributed by atoms with Crippen molar-refractivity contribution in [3.05, 3.63) is 59.9 Å². The van der Waals surface area contributed by atoms with Crippen LogP contribution in [0.2, 0.25) is 0 Å². The molecule has 0 radical (unpaired) electrons. The molecule has 0 bridgehead atoms. The minimum absolute atomic E-state index is 0.124. The fourth-order valence-corrected chi connectivity index (χ4v) is 1.77. The second-order valence-electron chi connectivity index (χ2n) is 4.15. The number of benzene rings is 2. The van der Waals surface area contributed by atoms with Gasteiger partial charge in [-0.1, -0.05) is 12.1 Å². The van der Waals surface area contributed by atoms with E-state index >= 15 is 0 Å². The Labute approximate surface area is 106 Å². The highest BCUT2D eigenvalue weighted by molar-refractivity contribution is 5.48. The number of rotatable bonds is 4. The zero-order chi connectivity index (χ0) is 13.0. The van der Waals surface area contributed by atoms with Gasteiger partial charge in [-0.3, -0.25) is 0 Å². The molecule has 2 nitrogen and oxygen atoms in total. The zero-order valence-corrected chi connectivity index (χ0v) is 10.5. The van der Waals surface area contributed by atoms with Crippen molar-refractivity contribution in [1.82, 2.24) is 0 Å². The zero-order valence-electron chi connectivity index (χ0n) is 10.5. The monoisotopic (exact) mass is 245 g/mol. The van der Waals surface area contributed by atoms with E-state index in [0.717, 1.165) is 17.0 Å². The Morgan fingerprint density at radius 3 is 2.17 bits per heavy atom. The lowest BCUT2D eigenvalue weighted by Crippen LogP contribution is -2.06. The lowest BCUT2D eigenvalue weighted by molar-refractivity contribution is 0.415. The first-order valence-corrected chi connectivity index (χ1v) is 5.85. The van der Waals surface area contributed by atoms with E-state index in [1.165, 1.54) is 12.1 Å². The van der Waals surface area contributed by atoms with Crippen molar-refractivity contribution in [2.24, 2.45) is 0 Å². The van der Waals surface area contributed by atoms with Gasteiger partial charge in [0, 0.05) is 11.7 Å². The van der Waals surface area contributed by atoms with Gasteiger partial charge in [0.2, 0.25) is 0 Å². The highest BCUT2D eigenvalue weighted by atomic mass is 19.1. The Hall–Kier alpha value is -2.03. The molecule has 0 aliphatic heterocycles. The predicted octanol–water partition coefficient (Wildman–Crippen LogP) is 4.01. The second-order valence-corrected chi connectivity index (χ2v) is 4.15. The average Bonchev–Trinajstić information content (AvgIpc) is 2.40. The molecule has 0 saturated carbocycles. The molecule has 0 unspecified atom stereocenters. The van der Waals surface area contributed by atoms with Crippen LogP contribution in [0.5, 0.6) is 5.75 Å². The van der Waals surface area contributed by atoms with Crippen LogP contribution >= 0.6 is 0 Å². The van der Waals surface area contributed by atoms with Crippen LogP contribution in [0.25, 0.3) is 0 Å². The van der Waals surface area contributed by atoms with Crippen LogP contribution in [-0.2, 0) is 0 Å². The van der Waals surface area contributed by atoms with E-state index in [9.17, 15) is 4.39 Å². The molecule has 0 heterocycles. The van der Waals surface area contributed by atoms with Gasteiger partial charge in [0.15, 0.2) is 0 Å². The van der Waals surface area contributed by atoms with Gasteiger partial charge in [0.25, 0.3) is 0 Å². The molecular weight excluding hydrogens is 229 g/mol. The van der Waals surface area contributed by atoms with E-state index in [-0.39, 0.29) is 11.9 Å². The molecule has 0 fully saturated rings. The molecular formula is C15H16FNO. The molecule has 0 aliphatic rings. The summed E-state index contributed by atoms with van der Waals surface area (Å²) >= 11 is 0. The van der Waals surface area contributed by atoms with Crippen molar-refractivity contribution in [2.45, 2.75) is 13.0 Å². The summed E-state index contributed by atoms with van der Waals surface area (Å²) < 4.78 is 17.9. The summed E-state index contributed by atoms with van der Waals surface area (Å²) in [5.41, 5.74) is 2.06. The van der Waals surface area contributed by atoms with E-state index in [4.69, 9.17) is 4.74 Å². The van der Waals surface area contributed by atoms with Crippen molar-refractivity contribution in [1.29, 1.82) is 0 Å². The number of ether oxygens (including phenoxy) is 1. The first-order chi connectivity index (χ1) is 8.69. The summed E-state index contributed by atoms with van der Waals surface area (Å²) in [6.07, 6.45) is 0. The van der Waals surface area contributed by atoms with Gasteiger partial charge < -0.3 is 10.1 Å². The molecule has 0 amide bonds. The molecule has 94 valence electrons. The maximum atomic E-state index is 12.8. The number of methoxy groups -OCH3 is 1. The lowest BCUT2D eigenvalue weighted by atomic mass is 10.1. The van der Waals surface area contributed by atoms with Gasteiger partial charge >= 0.3 is 0 Å². The van der Waals surface area contributed by atoms with E-state index in [1.54, 1.807) is 19.2 Å². The molecule has 18 heavy (non-hydrogen) atoms. The Balaban J connectivity index is 2.05. The van der Waals surface area contributed by atoms with Gasteiger partial charge in [-0.2, -0.15) is 0 Å².